The van der Waals surface area contributed by atoms with E-state index in [1.165, 1.54) is 16.7 Å². The average Bonchev–Trinajstić information content (AvgIpc) is 3.48. The predicted octanol–water partition coefficient (Wildman–Crippen LogP) is 4.93. The Hall–Kier alpha value is -3.40. The highest BCUT2D eigenvalue weighted by molar-refractivity contribution is 6.02. The zero-order valence-electron chi connectivity index (χ0n) is 17.3. The van der Waals surface area contributed by atoms with Crippen LogP contribution in [0.2, 0.25) is 0 Å². The fourth-order valence-electron chi connectivity index (χ4n) is 3.94. The highest BCUT2D eigenvalue weighted by atomic mass is 15.1. The number of aryl methyl sites for hydroxylation is 3. The molecule has 5 rings (SSSR count). The summed E-state index contributed by atoms with van der Waals surface area (Å²) in [5.41, 5.74) is 8.38. The molecule has 30 heavy (non-hydrogen) atoms. The molecule has 1 aromatic heterocycles. The molecular weight excluding hydrogens is 368 g/mol. The van der Waals surface area contributed by atoms with Crippen LogP contribution >= 0.6 is 0 Å². The molecule has 0 amide bonds. The summed E-state index contributed by atoms with van der Waals surface area (Å²) in [7, 11) is 0. The molecule has 1 aliphatic heterocycles. The summed E-state index contributed by atoms with van der Waals surface area (Å²) in [6.07, 6.45) is 3.20. The van der Waals surface area contributed by atoms with Gasteiger partial charge in [0, 0.05) is 17.7 Å². The number of hydrogen-bond acceptors (Lipinski definition) is 3. The standard InChI is InChI=1S/C26H26N4/c1-2-18-3-5-19(6-4-18)7-8-20-9-11-21(12-10-20)26-29-23-14-13-22(17-24(23)30-26)25-27-15-16-28-25/h3-6,9-14,17H,2,7-8,15-16H2,1H3,(H,27,28)(H,29,30). The summed E-state index contributed by atoms with van der Waals surface area (Å²) in [6, 6.07) is 24.0. The van der Waals surface area contributed by atoms with E-state index >= 15 is 0 Å². The van der Waals surface area contributed by atoms with Crippen molar-refractivity contribution < 1.29 is 0 Å². The lowest BCUT2D eigenvalue weighted by atomic mass is 10.0. The molecule has 0 unspecified atom stereocenters. The Bertz CT molecular complexity index is 1180. The van der Waals surface area contributed by atoms with Gasteiger partial charge in [0.1, 0.15) is 11.7 Å². The van der Waals surface area contributed by atoms with Gasteiger partial charge in [-0.2, -0.15) is 0 Å². The lowest BCUT2D eigenvalue weighted by Crippen LogP contribution is -2.19. The summed E-state index contributed by atoms with van der Waals surface area (Å²) in [4.78, 5) is 12.8. The van der Waals surface area contributed by atoms with E-state index in [-0.39, 0.29) is 0 Å². The number of benzene rings is 3. The number of rotatable bonds is 6. The molecule has 0 spiro atoms. The Kier molecular flexibility index (Phi) is 5.06. The number of aromatic amines is 1. The molecule has 0 saturated carbocycles. The molecule has 0 radical (unpaired) electrons. The second kappa shape index (κ2) is 8.15. The van der Waals surface area contributed by atoms with Gasteiger partial charge >= 0.3 is 0 Å². The van der Waals surface area contributed by atoms with Crippen LogP contribution in [-0.2, 0) is 19.3 Å². The predicted molar refractivity (Wildman–Crippen MR) is 124 cm³/mol. The molecule has 0 aliphatic carbocycles. The number of hydrogen-bond donors (Lipinski definition) is 2. The van der Waals surface area contributed by atoms with Crippen molar-refractivity contribution in [1.29, 1.82) is 0 Å². The van der Waals surface area contributed by atoms with E-state index in [2.05, 4.69) is 88.9 Å². The number of nitrogens with one attached hydrogen (secondary N) is 2. The van der Waals surface area contributed by atoms with E-state index in [0.29, 0.717) is 0 Å². The Balaban J connectivity index is 1.30. The summed E-state index contributed by atoms with van der Waals surface area (Å²) in [6.45, 7) is 3.95. The largest absolute Gasteiger partial charge is 0.368 e. The molecular formula is C26H26N4. The molecule has 2 heterocycles. The molecule has 0 atom stereocenters. The fourth-order valence-corrected chi connectivity index (χ4v) is 3.94. The summed E-state index contributed by atoms with van der Waals surface area (Å²) >= 11 is 0. The van der Waals surface area contributed by atoms with E-state index in [1.54, 1.807) is 0 Å². The number of imidazole rings is 1. The third kappa shape index (κ3) is 3.86. The minimum atomic E-state index is 0.845. The van der Waals surface area contributed by atoms with Crippen LogP contribution in [0, 0.1) is 0 Å². The van der Waals surface area contributed by atoms with E-state index in [9.17, 15) is 0 Å². The first-order valence-electron chi connectivity index (χ1n) is 10.7. The average molecular weight is 395 g/mol. The van der Waals surface area contributed by atoms with Gasteiger partial charge in [0.05, 0.1) is 17.6 Å². The van der Waals surface area contributed by atoms with Gasteiger partial charge in [0.2, 0.25) is 0 Å². The van der Waals surface area contributed by atoms with Crippen LogP contribution in [0.15, 0.2) is 71.7 Å². The van der Waals surface area contributed by atoms with Crippen molar-refractivity contribution in [2.75, 3.05) is 13.1 Å². The maximum Gasteiger partial charge on any atom is 0.138 e. The normalized spacial score (nSPS) is 13.4. The van der Waals surface area contributed by atoms with E-state index in [4.69, 9.17) is 4.98 Å². The van der Waals surface area contributed by atoms with Gasteiger partial charge in [0.15, 0.2) is 0 Å². The Morgan fingerprint density at radius 1 is 0.800 bits per heavy atom. The van der Waals surface area contributed by atoms with Crippen molar-refractivity contribution in [3.8, 4) is 11.4 Å². The molecule has 150 valence electrons. The van der Waals surface area contributed by atoms with Crippen LogP contribution in [0.4, 0.5) is 0 Å². The maximum absolute atomic E-state index is 4.77. The first kappa shape index (κ1) is 18.6. The molecule has 1 aliphatic rings. The first-order valence-corrected chi connectivity index (χ1v) is 10.7. The van der Waals surface area contributed by atoms with Crippen molar-refractivity contribution in [2.24, 2.45) is 4.99 Å². The third-order valence-electron chi connectivity index (χ3n) is 5.79. The SMILES string of the molecule is CCc1ccc(CCc2ccc(-c3nc4ccc(C5=NCCN5)cc4[nH]3)cc2)cc1. The highest BCUT2D eigenvalue weighted by Gasteiger charge is 2.11. The highest BCUT2D eigenvalue weighted by Crippen LogP contribution is 2.22. The van der Waals surface area contributed by atoms with Gasteiger partial charge in [-0.05, 0) is 54.2 Å². The van der Waals surface area contributed by atoms with Gasteiger partial charge in [-0.15, -0.1) is 0 Å². The Labute approximate surface area is 177 Å². The molecule has 0 fully saturated rings. The molecule has 0 saturated heterocycles. The van der Waals surface area contributed by atoms with Crippen LogP contribution in [0.5, 0.6) is 0 Å². The molecule has 0 bridgehead atoms. The van der Waals surface area contributed by atoms with Gasteiger partial charge in [-0.1, -0.05) is 55.5 Å². The number of fused-ring (bicyclic) bond motifs is 1. The topological polar surface area (TPSA) is 53.1 Å². The van der Waals surface area contributed by atoms with Gasteiger partial charge in [0.25, 0.3) is 0 Å². The second-order valence-corrected chi connectivity index (χ2v) is 7.84. The number of aromatic nitrogens is 2. The van der Waals surface area contributed by atoms with Gasteiger partial charge < -0.3 is 10.3 Å². The van der Waals surface area contributed by atoms with Crippen molar-refractivity contribution in [1.82, 2.24) is 15.3 Å². The molecule has 3 aromatic carbocycles. The second-order valence-electron chi connectivity index (χ2n) is 7.84. The third-order valence-corrected chi connectivity index (χ3v) is 5.79. The maximum atomic E-state index is 4.77. The summed E-state index contributed by atoms with van der Waals surface area (Å²) in [5, 5.41) is 3.33. The quantitative estimate of drug-likeness (QED) is 0.487. The zero-order chi connectivity index (χ0) is 20.3. The lowest BCUT2D eigenvalue weighted by Gasteiger charge is -2.05. The first-order chi connectivity index (χ1) is 14.8. The van der Waals surface area contributed by atoms with E-state index < -0.39 is 0 Å². The number of amidine groups is 1. The monoisotopic (exact) mass is 394 g/mol. The van der Waals surface area contributed by atoms with Gasteiger partial charge in [-0.3, -0.25) is 4.99 Å². The molecule has 4 nitrogen and oxygen atoms in total. The number of aliphatic imine (C=N–C) groups is 1. The van der Waals surface area contributed by atoms with Crippen molar-refractivity contribution >= 4 is 16.9 Å². The molecule has 4 aromatic rings. The minimum absolute atomic E-state index is 0.845. The molecule has 4 heteroatoms. The smallest absolute Gasteiger partial charge is 0.138 e. The summed E-state index contributed by atoms with van der Waals surface area (Å²) < 4.78 is 0. The fraction of sp³-hybridized carbons (Fsp3) is 0.231. The van der Waals surface area contributed by atoms with Gasteiger partial charge in [-0.25, -0.2) is 4.98 Å². The summed E-state index contributed by atoms with van der Waals surface area (Å²) in [5.74, 6) is 1.88. The van der Waals surface area contributed by atoms with Crippen LogP contribution in [0.3, 0.4) is 0 Å². The van der Waals surface area contributed by atoms with Crippen molar-refractivity contribution in [2.45, 2.75) is 26.2 Å². The minimum Gasteiger partial charge on any atom is -0.368 e. The van der Waals surface area contributed by atoms with Crippen molar-refractivity contribution in [3.63, 3.8) is 0 Å². The van der Waals surface area contributed by atoms with Crippen LogP contribution < -0.4 is 5.32 Å². The lowest BCUT2D eigenvalue weighted by molar-refractivity contribution is 0.957. The number of H-pyrrole nitrogens is 1. The zero-order valence-corrected chi connectivity index (χ0v) is 17.3. The Morgan fingerprint density at radius 2 is 1.47 bits per heavy atom. The Morgan fingerprint density at radius 3 is 2.13 bits per heavy atom. The number of nitrogens with zero attached hydrogens (tertiary/aromatic N) is 2. The van der Waals surface area contributed by atoms with Crippen molar-refractivity contribution in [3.05, 3.63) is 89.0 Å². The van der Waals surface area contributed by atoms with E-state index in [1.807, 2.05) is 0 Å². The van der Waals surface area contributed by atoms with Crippen LogP contribution in [0.25, 0.3) is 22.4 Å². The molecule has 2 N–H and O–H groups in total. The van der Waals surface area contributed by atoms with E-state index in [0.717, 1.165) is 66.2 Å². The van der Waals surface area contributed by atoms with Crippen LogP contribution in [-0.4, -0.2) is 28.9 Å². The van der Waals surface area contributed by atoms with Crippen LogP contribution in [0.1, 0.15) is 29.2 Å².